The number of nitrogens with one attached hydrogen (secondary N) is 1. The molecule has 0 radical (unpaired) electrons. The summed E-state index contributed by atoms with van der Waals surface area (Å²) in [5, 5.41) is 3.40. The highest BCUT2D eigenvalue weighted by atomic mass is 35.5. The van der Waals surface area contributed by atoms with Crippen LogP contribution in [0.5, 0.6) is 0 Å². The van der Waals surface area contributed by atoms with Crippen LogP contribution in [0.2, 0.25) is 0 Å². The molecule has 0 saturated carbocycles. The van der Waals surface area contributed by atoms with Crippen LogP contribution in [-0.4, -0.2) is 46.5 Å². The maximum absolute atomic E-state index is 12.6. The number of hydrogen-bond acceptors (Lipinski definition) is 3. The third-order valence-electron chi connectivity index (χ3n) is 4.50. The molecule has 7 heteroatoms. The molecule has 2 heterocycles. The Labute approximate surface area is 161 Å². The number of likely N-dealkylation sites (tertiary alicyclic amines) is 1. The van der Waals surface area contributed by atoms with Crippen LogP contribution in [0, 0.1) is 5.92 Å². The van der Waals surface area contributed by atoms with Gasteiger partial charge < -0.3 is 14.8 Å². The van der Waals surface area contributed by atoms with Crippen LogP contribution in [0.15, 0.2) is 43.0 Å². The molecular weight excluding hydrogens is 359 g/mol. The van der Waals surface area contributed by atoms with Gasteiger partial charge in [-0.05, 0) is 56.1 Å². The van der Waals surface area contributed by atoms with Gasteiger partial charge in [-0.1, -0.05) is 6.92 Å². The van der Waals surface area contributed by atoms with Gasteiger partial charge in [0.1, 0.15) is 0 Å². The molecule has 1 amide bonds. The number of carbonyl (C=O) groups is 1. The monoisotopic (exact) mass is 384 g/mol. The van der Waals surface area contributed by atoms with Gasteiger partial charge in [0.2, 0.25) is 0 Å². The molecule has 2 aromatic rings. The molecule has 1 aliphatic rings. The molecule has 0 atom stereocenters. The molecule has 1 aromatic carbocycles. The van der Waals surface area contributed by atoms with Crippen molar-refractivity contribution < 1.29 is 4.79 Å². The smallest absolute Gasteiger partial charge is 0.253 e. The van der Waals surface area contributed by atoms with E-state index in [2.05, 4.69) is 17.2 Å². The average Bonchev–Trinajstić information content (AvgIpc) is 3.14. The Bertz CT molecular complexity index is 623. The van der Waals surface area contributed by atoms with E-state index in [0.29, 0.717) is 5.92 Å². The molecule has 1 saturated heterocycles. The van der Waals surface area contributed by atoms with Crippen LogP contribution >= 0.6 is 24.8 Å². The van der Waals surface area contributed by atoms with E-state index in [4.69, 9.17) is 0 Å². The van der Waals surface area contributed by atoms with Crippen LogP contribution in [0.4, 0.5) is 0 Å². The minimum Gasteiger partial charge on any atom is -0.339 e. The quantitative estimate of drug-likeness (QED) is 0.860. The maximum atomic E-state index is 12.6. The second kappa shape index (κ2) is 10.4. The lowest BCUT2D eigenvalue weighted by Gasteiger charge is -2.32. The van der Waals surface area contributed by atoms with Crippen LogP contribution < -0.4 is 5.32 Å². The lowest BCUT2D eigenvalue weighted by Crippen LogP contribution is -2.40. The summed E-state index contributed by atoms with van der Waals surface area (Å²) in [4.78, 5) is 18.6. The summed E-state index contributed by atoms with van der Waals surface area (Å²) in [6, 6.07) is 7.74. The maximum Gasteiger partial charge on any atom is 0.253 e. The second-order valence-electron chi connectivity index (χ2n) is 6.06. The molecule has 138 valence electrons. The highest BCUT2D eigenvalue weighted by molar-refractivity contribution is 5.94. The van der Waals surface area contributed by atoms with Gasteiger partial charge in [-0.3, -0.25) is 4.79 Å². The van der Waals surface area contributed by atoms with Gasteiger partial charge >= 0.3 is 0 Å². The van der Waals surface area contributed by atoms with Crippen LogP contribution in [0.3, 0.4) is 0 Å². The van der Waals surface area contributed by atoms with Gasteiger partial charge in [-0.25, -0.2) is 4.98 Å². The summed E-state index contributed by atoms with van der Waals surface area (Å²) < 4.78 is 1.93. The zero-order chi connectivity index (χ0) is 16.1. The Morgan fingerprint density at radius 1 is 1.20 bits per heavy atom. The van der Waals surface area contributed by atoms with Gasteiger partial charge in [0.15, 0.2) is 0 Å². The van der Waals surface area contributed by atoms with Crippen molar-refractivity contribution in [2.45, 2.75) is 19.8 Å². The highest BCUT2D eigenvalue weighted by Gasteiger charge is 2.23. The van der Waals surface area contributed by atoms with Gasteiger partial charge in [-0.15, -0.1) is 24.8 Å². The molecule has 3 rings (SSSR count). The molecule has 0 bridgehead atoms. The third-order valence-corrected chi connectivity index (χ3v) is 4.50. The standard InChI is InChI=1S/C18H24N4O.2ClH/c1-2-19-13-15-7-10-21(11-8-15)18(23)16-3-5-17(6-4-16)22-12-9-20-14-22;;/h3-6,9,12,14-15,19H,2,7-8,10-11,13H2,1H3;2*1H. The zero-order valence-corrected chi connectivity index (χ0v) is 16.1. The minimum absolute atomic E-state index is 0. The lowest BCUT2D eigenvalue weighted by atomic mass is 9.96. The van der Waals surface area contributed by atoms with E-state index in [0.717, 1.165) is 50.3 Å². The van der Waals surface area contributed by atoms with E-state index < -0.39 is 0 Å². The highest BCUT2D eigenvalue weighted by Crippen LogP contribution is 2.19. The Kier molecular flexibility index (Phi) is 8.97. The van der Waals surface area contributed by atoms with E-state index in [-0.39, 0.29) is 30.7 Å². The number of halogens is 2. The minimum atomic E-state index is 0. The topological polar surface area (TPSA) is 50.2 Å². The number of piperidine rings is 1. The second-order valence-corrected chi connectivity index (χ2v) is 6.06. The van der Waals surface area contributed by atoms with Crippen LogP contribution in [-0.2, 0) is 0 Å². The van der Waals surface area contributed by atoms with Crippen molar-refractivity contribution in [3.63, 3.8) is 0 Å². The van der Waals surface area contributed by atoms with Crippen molar-refractivity contribution in [3.8, 4) is 5.69 Å². The Hall–Kier alpha value is -1.56. The molecule has 0 unspecified atom stereocenters. The molecule has 0 spiro atoms. The van der Waals surface area contributed by atoms with Gasteiger partial charge in [0.25, 0.3) is 5.91 Å². The number of imidazole rings is 1. The van der Waals surface area contributed by atoms with Crippen LogP contribution in [0.25, 0.3) is 5.69 Å². The molecule has 1 fully saturated rings. The molecule has 5 nitrogen and oxygen atoms in total. The fourth-order valence-electron chi connectivity index (χ4n) is 3.06. The number of benzene rings is 1. The molecule has 1 aromatic heterocycles. The van der Waals surface area contributed by atoms with Crippen molar-refractivity contribution in [2.24, 2.45) is 5.92 Å². The number of nitrogens with zero attached hydrogens (tertiary/aromatic N) is 3. The Morgan fingerprint density at radius 3 is 2.44 bits per heavy atom. The average molecular weight is 385 g/mol. The Morgan fingerprint density at radius 2 is 1.88 bits per heavy atom. The molecule has 25 heavy (non-hydrogen) atoms. The fourth-order valence-corrected chi connectivity index (χ4v) is 3.06. The summed E-state index contributed by atoms with van der Waals surface area (Å²) in [5.41, 5.74) is 1.78. The first-order chi connectivity index (χ1) is 11.3. The Balaban J connectivity index is 0.00000156. The van der Waals surface area contributed by atoms with Crippen molar-refractivity contribution in [3.05, 3.63) is 48.5 Å². The van der Waals surface area contributed by atoms with Crippen LogP contribution in [0.1, 0.15) is 30.1 Å². The fraction of sp³-hybridized carbons (Fsp3) is 0.444. The molecule has 1 aliphatic heterocycles. The normalized spacial score (nSPS) is 14.5. The van der Waals surface area contributed by atoms with Crippen molar-refractivity contribution in [1.29, 1.82) is 0 Å². The summed E-state index contributed by atoms with van der Waals surface area (Å²) in [5.74, 6) is 0.840. The predicted molar refractivity (Wildman–Crippen MR) is 105 cm³/mol. The number of rotatable bonds is 5. The van der Waals surface area contributed by atoms with Crippen molar-refractivity contribution in [2.75, 3.05) is 26.2 Å². The first kappa shape index (κ1) is 21.5. The number of aromatic nitrogens is 2. The molecule has 1 N–H and O–H groups in total. The van der Waals surface area contributed by atoms with E-state index in [1.807, 2.05) is 39.9 Å². The SMILES string of the molecule is CCNCC1CCN(C(=O)c2ccc(-n3ccnc3)cc2)CC1.Cl.Cl. The van der Waals surface area contributed by atoms with Gasteiger partial charge in [0.05, 0.1) is 6.33 Å². The summed E-state index contributed by atoms with van der Waals surface area (Å²) in [7, 11) is 0. The molecule has 0 aliphatic carbocycles. The van der Waals surface area contributed by atoms with Crippen molar-refractivity contribution in [1.82, 2.24) is 19.8 Å². The van der Waals surface area contributed by atoms with E-state index in [1.165, 1.54) is 0 Å². The van der Waals surface area contributed by atoms with Gasteiger partial charge in [0, 0.05) is 36.7 Å². The van der Waals surface area contributed by atoms with E-state index >= 15 is 0 Å². The first-order valence-electron chi connectivity index (χ1n) is 8.36. The summed E-state index contributed by atoms with van der Waals surface area (Å²) >= 11 is 0. The number of hydrogen-bond donors (Lipinski definition) is 1. The largest absolute Gasteiger partial charge is 0.339 e. The summed E-state index contributed by atoms with van der Waals surface area (Å²) in [6.07, 6.45) is 7.58. The number of carbonyl (C=O) groups excluding carboxylic acids is 1. The predicted octanol–water partition coefficient (Wildman–Crippen LogP) is 3.18. The van der Waals surface area contributed by atoms with E-state index in [1.54, 1.807) is 12.5 Å². The third kappa shape index (κ3) is 5.46. The van der Waals surface area contributed by atoms with Gasteiger partial charge in [-0.2, -0.15) is 0 Å². The van der Waals surface area contributed by atoms with Crippen molar-refractivity contribution >= 4 is 30.7 Å². The number of amides is 1. The van der Waals surface area contributed by atoms with E-state index in [9.17, 15) is 4.79 Å². The molecular formula is C18H26Cl2N4O. The first-order valence-corrected chi connectivity index (χ1v) is 8.36. The lowest BCUT2D eigenvalue weighted by molar-refractivity contribution is 0.0690. The zero-order valence-electron chi connectivity index (χ0n) is 14.4. The summed E-state index contributed by atoms with van der Waals surface area (Å²) in [6.45, 7) is 5.93.